The highest BCUT2D eigenvalue weighted by atomic mass is 16.5. The SMILES string of the molecule is CC(C)OCc1nc(-c2ncn[nH]2)no1. The van der Waals surface area contributed by atoms with Crippen LogP contribution in [-0.4, -0.2) is 31.4 Å². The minimum atomic E-state index is 0.130. The van der Waals surface area contributed by atoms with E-state index in [1.54, 1.807) is 0 Å². The molecule has 0 aromatic carbocycles. The number of H-pyrrole nitrogens is 1. The molecule has 0 aliphatic rings. The van der Waals surface area contributed by atoms with Crippen molar-refractivity contribution in [3.8, 4) is 11.6 Å². The number of hydrogen-bond donors (Lipinski definition) is 1. The molecule has 0 radical (unpaired) electrons. The molecular weight excluding hydrogens is 198 g/mol. The molecule has 0 aliphatic carbocycles. The lowest BCUT2D eigenvalue weighted by atomic mass is 10.5. The Morgan fingerprint density at radius 1 is 1.53 bits per heavy atom. The first-order valence-electron chi connectivity index (χ1n) is 4.55. The van der Waals surface area contributed by atoms with E-state index in [9.17, 15) is 0 Å². The van der Waals surface area contributed by atoms with Gasteiger partial charge in [-0.2, -0.15) is 10.1 Å². The molecule has 1 N–H and O–H groups in total. The van der Waals surface area contributed by atoms with E-state index in [0.29, 0.717) is 24.1 Å². The van der Waals surface area contributed by atoms with Crippen LogP contribution in [0.4, 0.5) is 0 Å². The van der Waals surface area contributed by atoms with Gasteiger partial charge in [0, 0.05) is 0 Å². The maximum absolute atomic E-state index is 5.32. The van der Waals surface area contributed by atoms with Gasteiger partial charge in [-0.05, 0) is 13.8 Å². The minimum Gasteiger partial charge on any atom is -0.369 e. The van der Waals surface area contributed by atoms with E-state index in [-0.39, 0.29) is 6.10 Å². The van der Waals surface area contributed by atoms with Gasteiger partial charge in [-0.25, -0.2) is 4.98 Å². The molecule has 0 bridgehead atoms. The van der Waals surface area contributed by atoms with Gasteiger partial charge >= 0.3 is 0 Å². The fraction of sp³-hybridized carbons (Fsp3) is 0.500. The molecule has 0 saturated heterocycles. The molecule has 7 heteroatoms. The molecule has 0 atom stereocenters. The quantitative estimate of drug-likeness (QED) is 0.800. The summed E-state index contributed by atoms with van der Waals surface area (Å²) in [5.41, 5.74) is 0. The van der Waals surface area contributed by atoms with E-state index in [2.05, 4.69) is 25.3 Å². The Labute approximate surface area is 85.9 Å². The van der Waals surface area contributed by atoms with Crippen LogP contribution in [0.1, 0.15) is 19.7 Å². The van der Waals surface area contributed by atoms with Crippen molar-refractivity contribution in [1.82, 2.24) is 25.3 Å². The summed E-state index contributed by atoms with van der Waals surface area (Å²) in [6.07, 6.45) is 1.52. The van der Waals surface area contributed by atoms with Crippen LogP contribution in [0, 0.1) is 0 Å². The Kier molecular flexibility index (Phi) is 2.72. The van der Waals surface area contributed by atoms with E-state index < -0.39 is 0 Å². The highest BCUT2D eigenvalue weighted by Gasteiger charge is 2.10. The average Bonchev–Trinajstić information content (AvgIpc) is 2.85. The van der Waals surface area contributed by atoms with Crippen LogP contribution >= 0.6 is 0 Å². The molecule has 0 amide bonds. The van der Waals surface area contributed by atoms with Gasteiger partial charge in [0.25, 0.3) is 5.89 Å². The molecule has 0 spiro atoms. The van der Waals surface area contributed by atoms with Crippen LogP contribution in [0.2, 0.25) is 0 Å². The predicted octanol–water partition coefficient (Wildman–Crippen LogP) is 0.780. The third-order valence-corrected chi connectivity index (χ3v) is 1.64. The first-order chi connectivity index (χ1) is 7.25. The molecule has 2 aromatic rings. The minimum absolute atomic E-state index is 0.130. The zero-order valence-electron chi connectivity index (χ0n) is 8.47. The van der Waals surface area contributed by atoms with Crippen LogP contribution in [0.15, 0.2) is 10.9 Å². The number of rotatable bonds is 4. The number of nitrogens with one attached hydrogen (secondary N) is 1. The third-order valence-electron chi connectivity index (χ3n) is 1.64. The van der Waals surface area contributed by atoms with Crippen molar-refractivity contribution < 1.29 is 9.26 Å². The molecule has 15 heavy (non-hydrogen) atoms. The van der Waals surface area contributed by atoms with Gasteiger partial charge in [-0.1, -0.05) is 5.16 Å². The summed E-state index contributed by atoms with van der Waals surface area (Å²) in [5.74, 6) is 1.29. The molecule has 0 saturated carbocycles. The van der Waals surface area contributed by atoms with Gasteiger partial charge in [-0.3, -0.25) is 5.10 Å². The average molecular weight is 209 g/mol. The van der Waals surface area contributed by atoms with Gasteiger partial charge in [0.15, 0.2) is 5.82 Å². The van der Waals surface area contributed by atoms with E-state index >= 15 is 0 Å². The Hall–Kier alpha value is -1.76. The molecule has 0 aliphatic heterocycles. The van der Waals surface area contributed by atoms with Crippen LogP contribution in [0.25, 0.3) is 11.6 Å². The molecule has 2 rings (SSSR count). The summed E-state index contributed by atoms with van der Waals surface area (Å²) in [4.78, 5) is 7.99. The van der Waals surface area contributed by atoms with Crippen molar-refractivity contribution in [2.75, 3.05) is 0 Å². The van der Waals surface area contributed by atoms with E-state index in [1.165, 1.54) is 6.33 Å². The summed E-state index contributed by atoms with van der Waals surface area (Å²) in [6, 6.07) is 0. The lowest BCUT2D eigenvalue weighted by Gasteiger charge is -2.02. The lowest BCUT2D eigenvalue weighted by Crippen LogP contribution is -2.02. The van der Waals surface area contributed by atoms with Crippen LogP contribution in [0.5, 0.6) is 0 Å². The summed E-state index contributed by atoms with van der Waals surface area (Å²) in [7, 11) is 0. The summed E-state index contributed by atoms with van der Waals surface area (Å²) in [6.45, 7) is 4.18. The highest BCUT2D eigenvalue weighted by Crippen LogP contribution is 2.09. The van der Waals surface area contributed by atoms with E-state index in [0.717, 1.165) is 0 Å². The van der Waals surface area contributed by atoms with Gasteiger partial charge in [0.1, 0.15) is 12.9 Å². The van der Waals surface area contributed by atoms with Crippen molar-refractivity contribution in [2.45, 2.75) is 26.6 Å². The monoisotopic (exact) mass is 209 g/mol. The zero-order chi connectivity index (χ0) is 10.7. The number of nitrogens with zero attached hydrogens (tertiary/aromatic N) is 4. The van der Waals surface area contributed by atoms with Gasteiger partial charge in [0.05, 0.1) is 6.10 Å². The normalized spacial score (nSPS) is 11.1. The Morgan fingerprint density at radius 2 is 2.40 bits per heavy atom. The first kappa shape index (κ1) is 9.78. The molecule has 2 aromatic heterocycles. The lowest BCUT2D eigenvalue weighted by molar-refractivity contribution is 0.0485. The Bertz CT molecular complexity index is 408. The maximum atomic E-state index is 5.32. The summed E-state index contributed by atoms with van der Waals surface area (Å²) < 4.78 is 10.3. The van der Waals surface area contributed by atoms with E-state index in [1.807, 2.05) is 13.8 Å². The standard InChI is InChI=1S/C8H11N5O2/c1-5(2)14-3-6-11-8(13-15-6)7-9-4-10-12-7/h4-5H,3H2,1-2H3,(H,9,10,12). The van der Waals surface area contributed by atoms with Crippen LogP contribution < -0.4 is 0 Å². The smallest absolute Gasteiger partial charge is 0.253 e. The Balaban J connectivity index is 2.04. The fourth-order valence-electron chi connectivity index (χ4n) is 0.961. The third kappa shape index (κ3) is 2.38. The maximum Gasteiger partial charge on any atom is 0.253 e. The van der Waals surface area contributed by atoms with Gasteiger partial charge < -0.3 is 9.26 Å². The number of ether oxygens (including phenoxy) is 1. The number of hydrogen-bond acceptors (Lipinski definition) is 6. The van der Waals surface area contributed by atoms with E-state index in [4.69, 9.17) is 9.26 Å². The number of aromatic nitrogens is 5. The fourth-order valence-corrected chi connectivity index (χ4v) is 0.961. The molecule has 0 fully saturated rings. The predicted molar refractivity (Wildman–Crippen MR) is 49.6 cm³/mol. The van der Waals surface area contributed by atoms with Crippen molar-refractivity contribution >= 4 is 0 Å². The Morgan fingerprint density at radius 3 is 3.07 bits per heavy atom. The molecule has 7 nitrogen and oxygen atoms in total. The summed E-state index contributed by atoms with van der Waals surface area (Å²) >= 11 is 0. The number of aromatic amines is 1. The largest absolute Gasteiger partial charge is 0.369 e. The molecular formula is C8H11N5O2. The van der Waals surface area contributed by atoms with Crippen molar-refractivity contribution in [2.24, 2.45) is 0 Å². The topological polar surface area (TPSA) is 89.7 Å². The van der Waals surface area contributed by atoms with Gasteiger partial charge in [-0.15, -0.1) is 0 Å². The summed E-state index contributed by atoms with van der Waals surface area (Å²) in [5, 5.41) is 10.1. The van der Waals surface area contributed by atoms with Crippen LogP contribution in [0.3, 0.4) is 0 Å². The van der Waals surface area contributed by atoms with Crippen LogP contribution in [-0.2, 0) is 11.3 Å². The zero-order valence-corrected chi connectivity index (χ0v) is 8.47. The molecule has 80 valence electrons. The van der Waals surface area contributed by atoms with Crippen molar-refractivity contribution in [3.63, 3.8) is 0 Å². The van der Waals surface area contributed by atoms with Gasteiger partial charge in [0.2, 0.25) is 5.82 Å². The highest BCUT2D eigenvalue weighted by molar-refractivity contribution is 5.39. The van der Waals surface area contributed by atoms with Crippen molar-refractivity contribution in [3.05, 3.63) is 12.2 Å². The molecule has 0 unspecified atom stereocenters. The second-order valence-electron chi connectivity index (χ2n) is 3.21. The van der Waals surface area contributed by atoms with Crippen molar-refractivity contribution in [1.29, 1.82) is 0 Å². The first-order valence-corrected chi connectivity index (χ1v) is 4.55. The molecule has 2 heterocycles. The second kappa shape index (κ2) is 4.18. The second-order valence-corrected chi connectivity index (χ2v) is 3.21.